The Morgan fingerprint density at radius 3 is 2.39 bits per heavy atom. The minimum absolute atomic E-state index is 0.00836. The maximum Gasteiger partial charge on any atom is 0.323 e. The number of benzene rings is 2. The second-order valence-electron chi connectivity index (χ2n) is 8.29. The number of anilines is 2. The van der Waals surface area contributed by atoms with Crippen LogP contribution >= 0.6 is 23.2 Å². The lowest BCUT2D eigenvalue weighted by molar-refractivity contribution is 0.157. The van der Waals surface area contributed by atoms with E-state index in [1.165, 1.54) is 24.3 Å². The van der Waals surface area contributed by atoms with Gasteiger partial charge in [-0.15, -0.1) is 0 Å². The first-order valence-corrected chi connectivity index (χ1v) is 12.6. The normalized spacial score (nSPS) is 22.8. The Bertz CT molecular complexity index is 1180. The number of nitrogens with one attached hydrogen (secondary N) is 3. The summed E-state index contributed by atoms with van der Waals surface area (Å²) >= 11 is 12.0. The molecule has 178 valence electrons. The summed E-state index contributed by atoms with van der Waals surface area (Å²) in [4.78, 5) is 14.1. The van der Waals surface area contributed by atoms with Crippen LogP contribution in [0.2, 0.25) is 10.0 Å². The Kier molecular flexibility index (Phi) is 6.75. The molecule has 8 nitrogen and oxygen atoms in total. The fraction of sp³-hybridized carbons (Fsp3) is 0.381. The van der Waals surface area contributed by atoms with E-state index in [0.29, 0.717) is 24.9 Å². The summed E-state index contributed by atoms with van der Waals surface area (Å²) in [6.07, 6.45) is 3.38. The number of hydrogen-bond acceptors (Lipinski definition) is 5. The van der Waals surface area contributed by atoms with Crippen molar-refractivity contribution in [1.29, 1.82) is 0 Å². The third kappa shape index (κ3) is 4.90. The molecule has 2 aromatic rings. The van der Waals surface area contributed by atoms with Gasteiger partial charge >= 0.3 is 6.03 Å². The quantitative estimate of drug-likeness (QED) is 0.440. The molecule has 2 bridgehead atoms. The largest absolute Gasteiger partial charge is 0.504 e. The number of carbonyl (C=O) groups is 1. The predicted molar refractivity (Wildman–Crippen MR) is 125 cm³/mol. The van der Waals surface area contributed by atoms with Crippen molar-refractivity contribution in [1.82, 2.24) is 9.62 Å². The van der Waals surface area contributed by atoms with E-state index in [1.807, 2.05) is 7.05 Å². The predicted octanol–water partition coefficient (Wildman–Crippen LogP) is 4.39. The number of sulfonamides is 1. The number of phenols is 1. The summed E-state index contributed by atoms with van der Waals surface area (Å²) in [7, 11) is -2.13. The Hall–Kier alpha value is -2.11. The van der Waals surface area contributed by atoms with Gasteiger partial charge < -0.3 is 20.6 Å². The van der Waals surface area contributed by atoms with Crippen molar-refractivity contribution in [2.24, 2.45) is 0 Å². The van der Waals surface area contributed by atoms with E-state index in [2.05, 4.69) is 20.3 Å². The first-order chi connectivity index (χ1) is 15.6. The van der Waals surface area contributed by atoms with Gasteiger partial charge in [0.1, 0.15) is 10.7 Å². The highest BCUT2D eigenvalue weighted by molar-refractivity contribution is 7.89. The van der Waals surface area contributed by atoms with Crippen molar-refractivity contribution in [3.8, 4) is 5.75 Å². The number of piperidine rings is 1. The van der Waals surface area contributed by atoms with Crippen LogP contribution < -0.4 is 15.4 Å². The molecular formula is C21H23Cl2FN4O4S. The average Bonchev–Trinajstić information content (AvgIpc) is 2.94. The summed E-state index contributed by atoms with van der Waals surface area (Å²) in [6.45, 7) is 0. The van der Waals surface area contributed by atoms with Gasteiger partial charge in [0, 0.05) is 18.1 Å². The number of halogens is 3. The summed E-state index contributed by atoms with van der Waals surface area (Å²) in [6, 6.07) is 5.90. The maximum atomic E-state index is 13.6. The monoisotopic (exact) mass is 516 g/mol. The third-order valence-corrected chi connectivity index (χ3v) is 8.63. The van der Waals surface area contributed by atoms with Crippen molar-refractivity contribution >= 4 is 50.6 Å². The van der Waals surface area contributed by atoms with Gasteiger partial charge in [0.25, 0.3) is 0 Å². The molecule has 4 N–H and O–H groups in total. The fourth-order valence-electron chi connectivity index (χ4n) is 4.57. The number of aromatic hydroxyl groups is 1. The van der Waals surface area contributed by atoms with Crippen LogP contribution in [0.5, 0.6) is 5.75 Å². The molecule has 4 rings (SSSR count). The van der Waals surface area contributed by atoms with Crippen LogP contribution in [-0.2, 0) is 10.0 Å². The molecule has 3 atom stereocenters. The minimum atomic E-state index is -4.18. The Labute approximate surface area is 201 Å². The van der Waals surface area contributed by atoms with Crippen molar-refractivity contribution < 1.29 is 22.7 Å². The van der Waals surface area contributed by atoms with Crippen molar-refractivity contribution in [2.45, 2.75) is 48.7 Å². The molecular weight excluding hydrogens is 494 g/mol. The minimum Gasteiger partial charge on any atom is -0.504 e. The molecule has 0 saturated carbocycles. The molecule has 2 heterocycles. The molecule has 2 fully saturated rings. The topological polar surface area (TPSA) is 111 Å². The standard InChI is InChI=1S/C21H23Cl2FN4O4S/c1-28-12-5-6-13(28)10-11(9-12)27-33(31,32)20-14(22)7-8-17(19(20)29)26-21(30)25-16-4-2-3-15(24)18(16)23/h2-4,7-8,11-13,27,29H,5-6,9-10H2,1H3,(H2,25,26,30)/t11-,12+,13-. The zero-order chi connectivity index (χ0) is 23.9. The van der Waals surface area contributed by atoms with Crippen LogP contribution in [0.1, 0.15) is 25.7 Å². The Morgan fingerprint density at radius 2 is 1.73 bits per heavy atom. The molecule has 0 unspecified atom stereocenters. The van der Waals surface area contributed by atoms with Crippen LogP contribution in [0.4, 0.5) is 20.6 Å². The zero-order valence-electron chi connectivity index (χ0n) is 17.6. The van der Waals surface area contributed by atoms with E-state index in [1.54, 1.807) is 0 Å². The summed E-state index contributed by atoms with van der Waals surface area (Å²) in [5.41, 5.74) is -0.178. The Morgan fingerprint density at radius 1 is 1.09 bits per heavy atom. The molecule has 2 aliphatic heterocycles. The van der Waals surface area contributed by atoms with Gasteiger partial charge in [0.05, 0.1) is 21.4 Å². The molecule has 0 aromatic heterocycles. The molecule has 2 saturated heterocycles. The van der Waals surface area contributed by atoms with E-state index < -0.39 is 32.5 Å². The summed E-state index contributed by atoms with van der Waals surface area (Å²) < 4.78 is 42.5. The lowest BCUT2D eigenvalue weighted by Gasteiger charge is -2.36. The van der Waals surface area contributed by atoms with Crippen molar-refractivity contribution in [3.63, 3.8) is 0 Å². The highest BCUT2D eigenvalue weighted by atomic mass is 35.5. The van der Waals surface area contributed by atoms with Gasteiger partial charge in [0.15, 0.2) is 5.75 Å². The first-order valence-electron chi connectivity index (χ1n) is 10.3. The molecule has 2 aromatic carbocycles. The van der Waals surface area contributed by atoms with Crippen LogP contribution in [0.15, 0.2) is 35.2 Å². The van der Waals surface area contributed by atoms with Crippen LogP contribution in [-0.4, -0.2) is 49.6 Å². The number of hydrogen-bond donors (Lipinski definition) is 4. The van der Waals surface area contributed by atoms with Gasteiger partial charge in [0.2, 0.25) is 10.0 Å². The second-order valence-corrected chi connectivity index (χ2v) is 10.7. The second kappa shape index (κ2) is 9.27. The Balaban J connectivity index is 1.52. The number of nitrogens with zero attached hydrogens (tertiary/aromatic N) is 1. The molecule has 0 spiro atoms. The lowest BCUT2D eigenvalue weighted by Crippen LogP contribution is -2.48. The summed E-state index contributed by atoms with van der Waals surface area (Å²) in [5.74, 6) is -1.42. The molecule has 0 radical (unpaired) electrons. The molecule has 12 heteroatoms. The van der Waals surface area contributed by atoms with Crippen molar-refractivity contribution in [2.75, 3.05) is 17.7 Å². The van der Waals surface area contributed by atoms with E-state index in [4.69, 9.17) is 23.2 Å². The van der Waals surface area contributed by atoms with E-state index in [0.717, 1.165) is 18.9 Å². The average molecular weight is 517 g/mol. The number of urea groups is 1. The van der Waals surface area contributed by atoms with E-state index in [-0.39, 0.29) is 27.5 Å². The molecule has 0 aliphatic carbocycles. The zero-order valence-corrected chi connectivity index (χ0v) is 19.9. The van der Waals surface area contributed by atoms with Crippen LogP contribution in [0, 0.1) is 5.82 Å². The van der Waals surface area contributed by atoms with Crippen molar-refractivity contribution in [3.05, 3.63) is 46.2 Å². The SMILES string of the molecule is CN1[C@@H]2CC[C@H]1C[C@@H](NS(=O)(=O)c1c(Cl)ccc(NC(=O)Nc3cccc(F)c3Cl)c1O)C2. The van der Waals surface area contributed by atoms with Gasteiger partial charge in [-0.05, 0) is 57.0 Å². The summed E-state index contributed by atoms with van der Waals surface area (Å²) in [5, 5.41) is 14.9. The van der Waals surface area contributed by atoms with Gasteiger partial charge in [-0.25, -0.2) is 22.3 Å². The number of rotatable bonds is 5. The van der Waals surface area contributed by atoms with Crippen LogP contribution in [0.25, 0.3) is 0 Å². The maximum absolute atomic E-state index is 13.6. The highest BCUT2D eigenvalue weighted by Crippen LogP contribution is 2.39. The van der Waals surface area contributed by atoms with E-state index in [9.17, 15) is 22.7 Å². The number of fused-ring (bicyclic) bond motifs is 2. The highest BCUT2D eigenvalue weighted by Gasteiger charge is 2.40. The smallest absolute Gasteiger partial charge is 0.323 e. The van der Waals surface area contributed by atoms with Crippen LogP contribution in [0.3, 0.4) is 0 Å². The first kappa shape index (κ1) is 24.0. The van der Waals surface area contributed by atoms with Gasteiger partial charge in [-0.3, -0.25) is 0 Å². The number of amides is 2. The molecule has 2 aliphatic rings. The molecule has 2 amide bonds. The number of phenolic OH excluding ortho intramolecular Hbond substituents is 1. The van der Waals surface area contributed by atoms with E-state index >= 15 is 0 Å². The number of carbonyl (C=O) groups excluding carboxylic acids is 1. The third-order valence-electron chi connectivity index (χ3n) is 6.22. The van der Waals surface area contributed by atoms with Gasteiger partial charge in [-0.2, -0.15) is 0 Å². The van der Waals surface area contributed by atoms with Gasteiger partial charge in [-0.1, -0.05) is 29.3 Å². The molecule has 33 heavy (non-hydrogen) atoms. The fourth-order valence-corrected chi connectivity index (χ4v) is 6.63. The lowest BCUT2D eigenvalue weighted by atomic mass is 9.99.